The highest BCUT2D eigenvalue weighted by atomic mass is 16.6. The highest BCUT2D eigenvalue weighted by molar-refractivity contribution is 5.94. The van der Waals surface area contributed by atoms with E-state index in [-0.39, 0.29) is 30.2 Å². The second-order valence-electron chi connectivity index (χ2n) is 8.13. The first-order chi connectivity index (χ1) is 15.1. The van der Waals surface area contributed by atoms with Crippen LogP contribution in [0.4, 0.5) is 5.69 Å². The number of hydrogen-bond acceptors (Lipinski definition) is 6. The van der Waals surface area contributed by atoms with Crippen molar-refractivity contribution in [2.24, 2.45) is 0 Å². The first kappa shape index (κ1) is 19.7. The molecule has 0 spiro atoms. The van der Waals surface area contributed by atoms with E-state index in [2.05, 4.69) is 15.6 Å². The summed E-state index contributed by atoms with van der Waals surface area (Å²) in [5, 5.41) is 11.7. The fraction of sp³-hybridized carbons (Fsp3) is 0.348. The van der Waals surface area contributed by atoms with Crippen molar-refractivity contribution >= 4 is 11.6 Å². The fourth-order valence-corrected chi connectivity index (χ4v) is 4.17. The maximum absolute atomic E-state index is 12.7. The van der Waals surface area contributed by atoms with Crippen LogP contribution in [0.25, 0.3) is 11.3 Å². The quantitative estimate of drug-likeness (QED) is 0.683. The van der Waals surface area contributed by atoms with Gasteiger partial charge in [0.15, 0.2) is 0 Å². The summed E-state index contributed by atoms with van der Waals surface area (Å²) in [4.78, 5) is 14.7. The number of fused-ring (bicyclic) bond motifs is 1. The number of hydrogen-bond donors (Lipinski definition) is 1. The van der Waals surface area contributed by atoms with Crippen molar-refractivity contribution in [1.82, 2.24) is 20.3 Å². The predicted octanol–water partition coefficient (Wildman–Crippen LogP) is 2.15. The molecule has 2 saturated heterocycles. The van der Waals surface area contributed by atoms with Gasteiger partial charge in [-0.25, -0.2) is 4.68 Å². The lowest BCUT2D eigenvalue weighted by atomic mass is 10.1. The molecule has 0 bridgehead atoms. The lowest BCUT2D eigenvalue weighted by molar-refractivity contribution is 0.0613. The Morgan fingerprint density at radius 2 is 1.77 bits per heavy atom. The van der Waals surface area contributed by atoms with Gasteiger partial charge in [-0.05, 0) is 24.3 Å². The molecular weight excluding hydrogens is 394 g/mol. The van der Waals surface area contributed by atoms with Crippen LogP contribution in [0.15, 0.2) is 60.8 Å². The molecule has 31 heavy (non-hydrogen) atoms. The third-order valence-electron chi connectivity index (χ3n) is 5.91. The van der Waals surface area contributed by atoms with Crippen LogP contribution in [0, 0.1) is 0 Å². The molecule has 0 saturated carbocycles. The van der Waals surface area contributed by atoms with Gasteiger partial charge in [0, 0.05) is 30.9 Å². The van der Waals surface area contributed by atoms with Gasteiger partial charge in [0.1, 0.15) is 23.9 Å². The van der Waals surface area contributed by atoms with Crippen LogP contribution in [-0.4, -0.2) is 66.5 Å². The smallest absolute Gasteiger partial charge is 0.251 e. The topological polar surface area (TPSA) is 81.5 Å². The standard InChI is InChI=1S/C23H25N5O3/c1-27(2)17-10-8-16(9-11-17)23(29)24-19-13-30-22-20(14-31-21(19)22)28-12-18(25-26-28)15-6-4-3-5-7-15/h3-12,19-22H,13-14H2,1-2H3,(H,24,29)/t19-,20-,21+,22+/m0/s1. The summed E-state index contributed by atoms with van der Waals surface area (Å²) in [6.45, 7) is 0.879. The molecule has 2 aromatic carbocycles. The maximum atomic E-state index is 12.7. The van der Waals surface area contributed by atoms with Crippen molar-refractivity contribution in [1.29, 1.82) is 0 Å². The van der Waals surface area contributed by atoms with E-state index in [9.17, 15) is 4.79 Å². The SMILES string of the molecule is CN(C)c1ccc(C(=O)N[C@H]2CO[C@H]3[C@@H]2OC[C@@H]3n2cc(-c3ccccc3)nn2)cc1. The van der Waals surface area contributed by atoms with Gasteiger partial charge in [-0.2, -0.15) is 0 Å². The van der Waals surface area contributed by atoms with Crippen LogP contribution in [0.3, 0.4) is 0 Å². The molecule has 4 atom stereocenters. The molecule has 8 nitrogen and oxygen atoms in total. The normalized spacial score (nSPS) is 24.7. The number of carbonyl (C=O) groups is 1. The van der Waals surface area contributed by atoms with E-state index in [1.165, 1.54) is 0 Å². The summed E-state index contributed by atoms with van der Waals surface area (Å²) in [6, 6.07) is 17.2. The molecule has 8 heteroatoms. The number of rotatable bonds is 5. The molecule has 1 aromatic heterocycles. The highest BCUT2D eigenvalue weighted by Gasteiger charge is 2.49. The second kappa shape index (κ2) is 8.13. The number of nitrogens with zero attached hydrogens (tertiary/aromatic N) is 4. The number of ether oxygens (including phenoxy) is 2. The monoisotopic (exact) mass is 419 g/mol. The van der Waals surface area contributed by atoms with E-state index < -0.39 is 0 Å². The molecule has 160 valence electrons. The van der Waals surface area contributed by atoms with E-state index in [1.807, 2.05) is 84.5 Å². The van der Waals surface area contributed by atoms with Crippen molar-refractivity contribution in [3.63, 3.8) is 0 Å². The molecule has 1 amide bonds. The van der Waals surface area contributed by atoms with Crippen LogP contribution in [0.2, 0.25) is 0 Å². The molecule has 0 aliphatic carbocycles. The Morgan fingerprint density at radius 1 is 1.03 bits per heavy atom. The van der Waals surface area contributed by atoms with Gasteiger partial charge >= 0.3 is 0 Å². The molecule has 1 N–H and O–H groups in total. The van der Waals surface area contributed by atoms with Gasteiger partial charge in [-0.1, -0.05) is 35.5 Å². The lowest BCUT2D eigenvalue weighted by Crippen LogP contribution is -2.44. The Kier molecular flexibility index (Phi) is 5.17. The largest absolute Gasteiger partial charge is 0.378 e. The van der Waals surface area contributed by atoms with E-state index in [0.29, 0.717) is 18.8 Å². The average Bonchev–Trinajstić information content (AvgIpc) is 3.52. The molecule has 0 unspecified atom stereocenters. The Bertz CT molecular complexity index is 1050. The van der Waals surface area contributed by atoms with E-state index in [4.69, 9.17) is 9.47 Å². The summed E-state index contributed by atoms with van der Waals surface area (Å²) in [7, 11) is 3.94. The zero-order chi connectivity index (χ0) is 21.4. The third kappa shape index (κ3) is 3.80. The molecule has 2 aliphatic rings. The number of amides is 1. The summed E-state index contributed by atoms with van der Waals surface area (Å²) in [6.07, 6.45) is 1.54. The average molecular weight is 419 g/mol. The van der Waals surface area contributed by atoms with Crippen LogP contribution in [-0.2, 0) is 9.47 Å². The van der Waals surface area contributed by atoms with Crippen LogP contribution in [0.1, 0.15) is 16.4 Å². The first-order valence-electron chi connectivity index (χ1n) is 10.4. The zero-order valence-corrected chi connectivity index (χ0v) is 17.5. The molecule has 0 radical (unpaired) electrons. The van der Waals surface area contributed by atoms with Crippen molar-refractivity contribution < 1.29 is 14.3 Å². The van der Waals surface area contributed by atoms with E-state index in [1.54, 1.807) is 0 Å². The minimum absolute atomic E-state index is 0.0729. The van der Waals surface area contributed by atoms with Crippen molar-refractivity contribution in [3.8, 4) is 11.3 Å². The lowest BCUT2D eigenvalue weighted by Gasteiger charge is -2.18. The molecule has 3 heterocycles. The Morgan fingerprint density at radius 3 is 2.52 bits per heavy atom. The summed E-state index contributed by atoms with van der Waals surface area (Å²) >= 11 is 0. The number of nitrogens with one attached hydrogen (secondary N) is 1. The van der Waals surface area contributed by atoms with E-state index in [0.717, 1.165) is 16.9 Å². The van der Waals surface area contributed by atoms with E-state index >= 15 is 0 Å². The second-order valence-corrected chi connectivity index (χ2v) is 8.13. The third-order valence-corrected chi connectivity index (χ3v) is 5.91. The molecular formula is C23H25N5O3. The fourth-order valence-electron chi connectivity index (χ4n) is 4.17. The van der Waals surface area contributed by atoms with Gasteiger partial charge in [0.05, 0.1) is 25.5 Å². The van der Waals surface area contributed by atoms with Gasteiger partial charge in [0.25, 0.3) is 5.91 Å². The van der Waals surface area contributed by atoms with Crippen molar-refractivity contribution in [3.05, 3.63) is 66.4 Å². The molecule has 2 fully saturated rings. The summed E-state index contributed by atoms with van der Waals surface area (Å²) in [5.41, 5.74) is 3.49. The highest BCUT2D eigenvalue weighted by Crippen LogP contribution is 2.34. The Labute approximate surface area is 180 Å². The van der Waals surface area contributed by atoms with Crippen LogP contribution >= 0.6 is 0 Å². The van der Waals surface area contributed by atoms with Gasteiger partial charge in [-0.3, -0.25) is 4.79 Å². The Hall–Kier alpha value is -3.23. The van der Waals surface area contributed by atoms with Gasteiger partial charge in [0.2, 0.25) is 0 Å². The summed E-state index contributed by atoms with van der Waals surface area (Å²) in [5.74, 6) is -0.126. The summed E-state index contributed by atoms with van der Waals surface area (Å²) < 4.78 is 13.9. The van der Waals surface area contributed by atoms with Gasteiger partial charge in [-0.15, -0.1) is 5.10 Å². The number of aromatic nitrogens is 3. The zero-order valence-electron chi connectivity index (χ0n) is 17.5. The van der Waals surface area contributed by atoms with Crippen molar-refractivity contribution in [2.45, 2.75) is 24.3 Å². The maximum Gasteiger partial charge on any atom is 0.251 e. The van der Waals surface area contributed by atoms with Crippen molar-refractivity contribution in [2.75, 3.05) is 32.2 Å². The van der Waals surface area contributed by atoms with Crippen LogP contribution in [0.5, 0.6) is 0 Å². The molecule has 3 aromatic rings. The number of benzene rings is 2. The van der Waals surface area contributed by atoms with Gasteiger partial charge < -0.3 is 19.7 Å². The molecule has 5 rings (SSSR count). The number of anilines is 1. The first-order valence-corrected chi connectivity index (χ1v) is 10.4. The number of carbonyl (C=O) groups excluding carboxylic acids is 1. The van der Waals surface area contributed by atoms with Crippen LogP contribution < -0.4 is 10.2 Å². The Balaban J connectivity index is 1.25. The minimum Gasteiger partial charge on any atom is -0.378 e. The predicted molar refractivity (Wildman–Crippen MR) is 116 cm³/mol. The minimum atomic E-state index is -0.209. The molecule has 2 aliphatic heterocycles.